The monoisotopic (exact) mass is 566 g/mol. The van der Waals surface area contributed by atoms with Crippen LogP contribution >= 0.6 is 11.6 Å². The number of nitrogens with zero attached hydrogens (tertiary/aromatic N) is 7. The van der Waals surface area contributed by atoms with Crippen LogP contribution in [0.1, 0.15) is 12.6 Å². The molecule has 5 aromatic rings. The quantitative estimate of drug-likeness (QED) is 0.322. The van der Waals surface area contributed by atoms with E-state index in [1.165, 1.54) is 9.25 Å². The van der Waals surface area contributed by atoms with Crippen LogP contribution in [0, 0.1) is 6.92 Å². The molecule has 0 aliphatic carbocycles. The van der Waals surface area contributed by atoms with Gasteiger partial charge < -0.3 is 0 Å². The van der Waals surface area contributed by atoms with Gasteiger partial charge in [-0.1, -0.05) is 41.9 Å². The predicted molar refractivity (Wildman–Crippen MR) is 160 cm³/mol. The second-order valence-electron chi connectivity index (χ2n) is 9.36. The first-order chi connectivity index (χ1) is 19.8. The molecule has 6 rings (SSSR count). The summed E-state index contributed by atoms with van der Waals surface area (Å²) in [5.74, 6) is -0.621. The van der Waals surface area contributed by atoms with Crippen LogP contribution in [0.15, 0.2) is 98.7 Å². The highest BCUT2D eigenvalue weighted by atomic mass is 35.5. The molecule has 0 saturated carbocycles. The van der Waals surface area contributed by atoms with Crippen molar-refractivity contribution in [1.82, 2.24) is 18.9 Å². The lowest BCUT2D eigenvalue weighted by Gasteiger charge is -2.18. The third-order valence-corrected chi connectivity index (χ3v) is 7.11. The lowest BCUT2D eigenvalue weighted by molar-refractivity contribution is -0.112. The number of fused-ring (bicyclic) bond motifs is 1. The van der Waals surface area contributed by atoms with Crippen molar-refractivity contribution in [2.45, 2.75) is 13.8 Å². The molecule has 0 unspecified atom stereocenters. The molecule has 0 bridgehead atoms. The van der Waals surface area contributed by atoms with Gasteiger partial charge in [0, 0.05) is 12.1 Å². The zero-order valence-electron chi connectivity index (χ0n) is 22.2. The fourth-order valence-electron chi connectivity index (χ4n) is 4.66. The molecular weight excluding hydrogens is 544 g/mol. The lowest BCUT2D eigenvalue weighted by atomic mass is 10.2. The number of halogens is 1. The van der Waals surface area contributed by atoms with Crippen molar-refractivity contribution in [3.8, 4) is 11.4 Å². The second kappa shape index (κ2) is 10.0. The molecule has 0 spiro atoms. The minimum absolute atomic E-state index is 0.00658. The van der Waals surface area contributed by atoms with E-state index < -0.39 is 5.91 Å². The van der Waals surface area contributed by atoms with Gasteiger partial charge in [-0.25, -0.2) is 14.2 Å². The molecule has 1 aliphatic heterocycles. The Morgan fingerprint density at radius 3 is 2.24 bits per heavy atom. The van der Waals surface area contributed by atoms with Gasteiger partial charge in [-0.05, 0) is 62.4 Å². The standard InChI is InChI=1S/C29H23ClN8O3/c1-17-24(32-33-25-18(2)35(3)38(28(25)41)21-9-5-4-6-10-21)27(40)37(34-17)29-31-23-12-8-7-11-22(23)26(39)36(29)20-15-13-19(30)14-16-20/h4-16,33H,1-3H3/b32-24-. The van der Waals surface area contributed by atoms with Crippen LogP contribution < -0.4 is 21.6 Å². The maximum atomic E-state index is 13.7. The Kier molecular flexibility index (Phi) is 6.35. The molecule has 1 amide bonds. The van der Waals surface area contributed by atoms with Crippen molar-refractivity contribution in [3.05, 3.63) is 110 Å². The van der Waals surface area contributed by atoms with Crippen molar-refractivity contribution in [2.24, 2.45) is 17.3 Å². The van der Waals surface area contributed by atoms with Crippen molar-refractivity contribution < 1.29 is 4.79 Å². The SMILES string of the molecule is CC1=NN(c2nc3ccccc3c(=O)n2-c2ccc(Cl)cc2)C(=O)/C1=N\Nc1c(C)n(C)n(-c2ccccc2)c1=O. The van der Waals surface area contributed by atoms with Gasteiger partial charge in [-0.2, -0.15) is 15.2 Å². The molecule has 0 atom stereocenters. The highest BCUT2D eigenvalue weighted by Crippen LogP contribution is 2.24. The number of carbonyl (C=O) groups is 1. The maximum absolute atomic E-state index is 13.7. The van der Waals surface area contributed by atoms with E-state index in [1.54, 1.807) is 74.1 Å². The number of para-hydroxylation sites is 2. The smallest absolute Gasteiger partial charge is 0.283 e. The number of amides is 1. The number of hydrogen-bond acceptors (Lipinski definition) is 7. The van der Waals surface area contributed by atoms with Crippen molar-refractivity contribution in [2.75, 3.05) is 10.4 Å². The molecular formula is C29H23ClN8O3. The van der Waals surface area contributed by atoms with Crippen molar-refractivity contribution in [3.63, 3.8) is 0 Å². The number of benzene rings is 3. The Hall–Kier alpha value is -5.29. The maximum Gasteiger partial charge on any atom is 0.303 e. The summed E-state index contributed by atoms with van der Waals surface area (Å²) < 4.78 is 4.52. The van der Waals surface area contributed by atoms with Crippen molar-refractivity contribution >= 4 is 51.5 Å². The van der Waals surface area contributed by atoms with Crippen LogP contribution in [0.2, 0.25) is 5.02 Å². The Bertz CT molecular complexity index is 2020. The lowest BCUT2D eigenvalue weighted by Crippen LogP contribution is -2.34. The van der Waals surface area contributed by atoms with Gasteiger partial charge in [0.25, 0.3) is 11.1 Å². The summed E-state index contributed by atoms with van der Waals surface area (Å²) in [6.07, 6.45) is 0. The third kappa shape index (κ3) is 4.32. The van der Waals surface area contributed by atoms with Crippen LogP contribution in [-0.4, -0.2) is 36.2 Å². The molecule has 2 aromatic heterocycles. The summed E-state index contributed by atoms with van der Waals surface area (Å²) in [5.41, 5.74) is 4.72. The number of rotatable bonds is 5. The molecule has 41 heavy (non-hydrogen) atoms. The van der Waals surface area contributed by atoms with Crippen LogP contribution in [0.5, 0.6) is 0 Å². The normalized spacial score (nSPS) is 14.2. The zero-order valence-corrected chi connectivity index (χ0v) is 23.0. The van der Waals surface area contributed by atoms with E-state index in [1.807, 2.05) is 30.3 Å². The molecule has 12 heteroatoms. The molecule has 0 fully saturated rings. The van der Waals surface area contributed by atoms with E-state index in [0.29, 0.717) is 33.0 Å². The number of hydrogen-bond donors (Lipinski definition) is 1. The van der Waals surface area contributed by atoms with Crippen LogP contribution in [0.4, 0.5) is 11.6 Å². The second-order valence-corrected chi connectivity index (χ2v) is 9.79. The number of hydrazone groups is 2. The number of aromatic nitrogens is 4. The first-order valence-corrected chi connectivity index (χ1v) is 13.0. The zero-order chi connectivity index (χ0) is 28.8. The predicted octanol–water partition coefficient (Wildman–Crippen LogP) is 4.03. The highest BCUT2D eigenvalue weighted by molar-refractivity contribution is 6.71. The van der Waals surface area contributed by atoms with Gasteiger partial charge in [-0.3, -0.25) is 24.5 Å². The Labute approximate surface area is 238 Å². The van der Waals surface area contributed by atoms with E-state index in [-0.39, 0.29) is 34.2 Å². The fourth-order valence-corrected chi connectivity index (χ4v) is 4.78. The van der Waals surface area contributed by atoms with E-state index in [2.05, 4.69) is 20.6 Å². The van der Waals surface area contributed by atoms with E-state index in [9.17, 15) is 14.4 Å². The molecule has 0 saturated heterocycles. The molecule has 3 heterocycles. The van der Waals surface area contributed by atoms with Gasteiger partial charge in [0.2, 0.25) is 5.95 Å². The first kappa shape index (κ1) is 26.0. The Morgan fingerprint density at radius 1 is 0.829 bits per heavy atom. The highest BCUT2D eigenvalue weighted by Gasteiger charge is 2.34. The summed E-state index contributed by atoms with van der Waals surface area (Å²) in [7, 11) is 1.76. The molecule has 204 valence electrons. The van der Waals surface area contributed by atoms with E-state index in [0.717, 1.165) is 5.01 Å². The Balaban J connectivity index is 1.42. The average molecular weight is 567 g/mol. The van der Waals surface area contributed by atoms with Gasteiger partial charge in [0.05, 0.1) is 33.7 Å². The van der Waals surface area contributed by atoms with E-state index >= 15 is 0 Å². The van der Waals surface area contributed by atoms with Crippen molar-refractivity contribution in [1.29, 1.82) is 0 Å². The fraction of sp³-hybridized carbons (Fsp3) is 0.103. The van der Waals surface area contributed by atoms with Gasteiger partial charge in [0.15, 0.2) is 5.71 Å². The molecule has 1 N–H and O–H groups in total. The summed E-state index contributed by atoms with van der Waals surface area (Å²) in [6, 6.07) is 22.7. The molecule has 3 aromatic carbocycles. The van der Waals surface area contributed by atoms with Gasteiger partial charge in [0.1, 0.15) is 5.69 Å². The van der Waals surface area contributed by atoms with Gasteiger partial charge in [-0.15, -0.1) is 0 Å². The number of nitrogens with one attached hydrogen (secondary N) is 1. The summed E-state index contributed by atoms with van der Waals surface area (Å²) in [4.78, 5) is 45.2. The number of carbonyl (C=O) groups excluding carboxylic acids is 1. The van der Waals surface area contributed by atoms with Crippen LogP contribution in [-0.2, 0) is 11.8 Å². The first-order valence-electron chi connectivity index (χ1n) is 12.6. The summed E-state index contributed by atoms with van der Waals surface area (Å²) in [6.45, 7) is 3.39. The summed E-state index contributed by atoms with van der Waals surface area (Å²) in [5, 5.41) is 10.6. The largest absolute Gasteiger partial charge is 0.303 e. The molecule has 0 radical (unpaired) electrons. The van der Waals surface area contributed by atoms with E-state index in [4.69, 9.17) is 11.6 Å². The minimum atomic E-state index is -0.614. The third-order valence-electron chi connectivity index (χ3n) is 6.85. The minimum Gasteiger partial charge on any atom is -0.283 e. The average Bonchev–Trinajstić information content (AvgIpc) is 3.38. The summed E-state index contributed by atoms with van der Waals surface area (Å²) >= 11 is 6.08. The molecule has 1 aliphatic rings. The van der Waals surface area contributed by atoms with Crippen LogP contribution in [0.3, 0.4) is 0 Å². The van der Waals surface area contributed by atoms with Crippen LogP contribution in [0.25, 0.3) is 22.3 Å². The topological polar surface area (TPSA) is 119 Å². The Morgan fingerprint density at radius 2 is 1.51 bits per heavy atom. The van der Waals surface area contributed by atoms with Gasteiger partial charge >= 0.3 is 5.91 Å². The molecule has 11 nitrogen and oxygen atoms in total. The number of anilines is 2.